The maximum Gasteiger partial charge on any atom is 0.289 e. The van der Waals surface area contributed by atoms with E-state index in [0.717, 1.165) is 12.8 Å². The summed E-state index contributed by atoms with van der Waals surface area (Å²) in [5, 5.41) is 3.85. The molecule has 0 bridgehead atoms. The molecule has 7 nitrogen and oxygen atoms in total. The summed E-state index contributed by atoms with van der Waals surface area (Å²) in [7, 11) is 0. The Morgan fingerprint density at radius 3 is 3.09 bits per heavy atom. The molecule has 2 saturated heterocycles. The fraction of sp³-hybridized carbons (Fsp3) is 0.533. The van der Waals surface area contributed by atoms with Gasteiger partial charge in [-0.25, -0.2) is 0 Å². The first-order chi connectivity index (χ1) is 10.7. The zero-order valence-corrected chi connectivity index (χ0v) is 12.3. The van der Waals surface area contributed by atoms with E-state index in [2.05, 4.69) is 10.1 Å². The highest BCUT2D eigenvalue weighted by molar-refractivity contribution is 5.91. The summed E-state index contributed by atoms with van der Waals surface area (Å²) >= 11 is 0. The Morgan fingerprint density at radius 1 is 1.45 bits per heavy atom. The molecule has 2 aromatic heterocycles. The van der Waals surface area contributed by atoms with Crippen LogP contribution in [0.2, 0.25) is 0 Å². The quantitative estimate of drug-likeness (QED) is 0.841. The highest BCUT2D eigenvalue weighted by Gasteiger charge is 2.44. The van der Waals surface area contributed by atoms with E-state index in [4.69, 9.17) is 13.7 Å². The van der Waals surface area contributed by atoms with Crippen molar-refractivity contribution in [1.82, 2.24) is 15.0 Å². The van der Waals surface area contributed by atoms with Crippen molar-refractivity contribution in [3.8, 4) is 0 Å². The van der Waals surface area contributed by atoms with Crippen LogP contribution in [0.5, 0.6) is 0 Å². The lowest BCUT2D eigenvalue weighted by molar-refractivity contribution is 0.0109. The minimum absolute atomic E-state index is 0.000498. The lowest BCUT2D eigenvalue weighted by Crippen LogP contribution is -2.51. The van der Waals surface area contributed by atoms with E-state index < -0.39 is 0 Å². The van der Waals surface area contributed by atoms with Crippen LogP contribution in [0.1, 0.15) is 41.0 Å². The molecule has 3 atom stereocenters. The zero-order chi connectivity index (χ0) is 15.1. The Bertz CT molecular complexity index is 666. The maximum absolute atomic E-state index is 12.7. The molecular formula is C15H17N3O4. The number of ether oxygens (including phenoxy) is 1. The predicted molar refractivity (Wildman–Crippen MR) is 74.3 cm³/mol. The molecule has 4 rings (SSSR count). The number of hydrogen-bond donors (Lipinski definition) is 0. The van der Waals surface area contributed by atoms with Crippen molar-refractivity contribution in [2.75, 3.05) is 13.2 Å². The smallest absolute Gasteiger partial charge is 0.289 e. The van der Waals surface area contributed by atoms with Gasteiger partial charge in [0.15, 0.2) is 11.6 Å². The Kier molecular flexibility index (Phi) is 3.22. The van der Waals surface area contributed by atoms with Gasteiger partial charge in [0.25, 0.3) is 5.91 Å². The molecule has 7 heteroatoms. The Balaban J connectivity index is 1.62. The molecule has 0 radical (unpaired) electrons. The van der Waals surface area contributed by atoms with Crippen LogP contribution in [0.4, 0.5) is 0 Å². The van der Waals surface area contributed by atoms with Crippen molar-refractivity contribution in [1.29, 1.82) is 0 Å². The molecule has 0 aliphatic carbocycles. The van der Waals surface area contributed by atoms with Crippen LogP contribution in [-0.2, 0) is 4.74 Å². The molecular weight excluding hydrogens is 286 g/mol. The van der Waals surface area contributed by atoms with Gasteiger partial charge in [-0.15, -0.1) is 0 Å². The lowest BCUT2D eigenvalue weighted by atomic mass is 9.89. The minimum Gasteiger partial charge on any atom is -0.459 e. The summed E-state index contributed by atoms with van der Waals surface area (Å²) in [6, 6.07) is 3.50. The van der Waals surface area contributed by atoms with Crippen LogP contribution < -0.4 is 0 Å². The molecule has 116 valence electrons. The number of fused-ring (bicyclic) bond motifs is 1. The zero-order valence-electron chi connectivity index (χ0n) is 12.3. The van der Waals surface area contributed by atoms with Gasteiger partial charge in [0, 0.05) is 13.2 Å². The first-order valence-corrected chi connectivity index (χ1v) is 7.48. The molecule has 0 N–H and O–H groups in total. The van der Waals surface area contributed by atoms with Gasteiger partial charge in [-0.3, -0.25) is 4.79 Å². The number of aryl methyl sites for hydroxylation is 1. The molecule has 0 aromatic carbocycles. The predicted octanol–water partition coefficient (Wildman–Crippen LogP) is 1.76. The third-order valence-corrected chi connectivity index (χ3v) is 4.39. The number of furan rings is 1. The summed E-state index contributed by atoms with van der Waals surface area (Å²) in [5.74, 6) is 1.43. The van der Waals surface area contributed by atoms with Crippen molar-refractivity contribution in [2.45, 2.75) is 37.8 Å². The fourth-order valence-electron chi connectivity index (χ4n) is 3.38. The number of piperidine rings is 1. The Hall–Kier alpha value is -2.15. The molecule has 0 unspecified atom stereocenters. The average molecular weight is 303 g/mol. The van der Waals surface area contributed by atoms with Crippen molar-refractivity contribution in [3.63, 3.8) is 0 Å². The van der Waals surface area contributed by atoms with E-state index in [9.17, 15) is 4.79 Å². The highest BCUT2D eigenvalue weighted by atomic mass is 16.5. The summed E-state index contributed by atoms with van der Waals surface area (Å²) in [6.45, 7) is 3.01. The SMILES string of the molecule is Cc1noc([C@H]2C[C@H]3OCC[C@H]3N(C(=O)c3ccco3)C2)n1. The van der Waals surface area contributed by atoms with Gasteiger partial charge in [-0.2, -0.15) is 4.98 Å². The minimum atomic E-state index is -0.105. The second kappa shape index (κ2) is 5.24. The fourth-order valence-corrected chi connectivity index (χ4v) is 3.38. The van der Waals surface area contributed by atoms with Gasteiger partial charge < -0.3 is 18.6 Å². The summed E-state index contributed by atoms with van der Waals surface area (Å²) in [6.07, 6.45) is 3.18. The summed E-state index contributed by atoms with van der Waals surface area (Å²) in [4.78, 5) is 18.8. The average Bonchev–Trinajstić information content (AvgIpc) is 3.26. The van der Waals surface area contributed by atoms with Gasteiger partial charge in [0.1, 0.15) is 0 Å². The molecule has 2 fully saturated rings. The van der Waals surface area contributed by atoms with E-state index in [1.807, 2.05) is 4.90 Å². The second-order valence-electron chi connectivity index (χ2n) is 5.81. The Labute approximate surface area is 127 Å². The van der Waals surface area contributed by atoms with Crippen molar-refractivity contribution < 1.29 is 18.5 Å². The number of rotatable bonds is 2. The monoisotopic (exact) mass is 303 g/mol. The molecule has 2 aliphatic heterocycles. The largest absolute Gasteiger partial charge is 0.459 e. The van der Waals surface area contributed by atoms with Crippen LogP contribution >= 0.6 is 0 Å². The molecule has 2 aromatic rings. The number of carbonyl (C=O) groups is 1. The molecule has 2 aliphatic rings. The normalized spacial score (nSPS) is 27.9. The molecule has 4 heterocycles. The number of nitrogens with zero attached hydrogens (tertiary/aromatic N) is 3. The van der Waals surface area contributed by atoms with Crippen molar-refractivity contribution >= 4 is 5.91 Å². The van der Waals surface area contributed by atoms with E-state index in [0.29, 0.717) is 30.6 Å². The molecule has 0 saturated carbocycles. The number of likely N-dealkylation sites (tertiary alicyclic amines) is 1. The molecule has 0 spiro atoms. The van der Waals surface area contributed by atoms with Gasteiger partial charge in [0.2, 0.25) is 5.89 Å². The number of hydrogen-bond acceptors (Lipinski definition) is 6. The van der Waals surface area contributed by atoms with E-state index >= 15 is 0 Å². The standard InChI is InChI=1S/C15H17N3O4/c1-9-16-14(22-17-9)10-7-13-11(4-6-21-13)18(8-10)15(19)12-3-2-5-20-12/h2-3,5,10-11,13H,4,6-8H2,1H3/t10-,11+,13+/m0/s1. The Morgan fingerprint density at radius 2 is 2.36 bits per heavy atom. The van der Waals surface area contributed by atoms with Crippen LogP contribution in [0.25, 0.3) is 0 Å². The lowest BCUT2D eigenvalue weighted by Gasteiger charge is -2.39. The van der Waals surface area contributed by atoms with Crippen LogP contribution in [0.15, 0.2) is 27.3 Å². The third kappa shape index (κ3) is 2.21. The third-order valence-electron chi connectivity index (χ3n) is 4.39. The first-order valence-electron chi connectivity index (χ1n) is 7.48. The van der Waals surface area contributed by atoms with E-state index in [1.54, 1.807) is 19.1 Å². The summed E-state index contributed by atoms with van der Waals surface area (Å²) < 4.78 is 16.4. The topological polar surface area (TPSA) is 81.6 Å². The van der Waals surface area contributed by atoms with Gasteiger partial charge >= 0.3 is 0 Å². The van der Waals surface area contributed by atoms with Gasteiger partial charge in [-0.1, -0.05) is 5.16 Å². The van der Waals surface area contributed by atoms with Gasteiger partial charge in [0.05, 0.1) is 24.3 Å². The number of aromatic nitrogens is 2. The first kappa shape index (κ1) is 13.5. The van der Waals surface area contributed by atoms with E-state index in [-0.39, 0.29) is 24.0 Å². The van der Waals surface area contributed by atoms with Crippen LogP contribution in [-0.4, -0.2) is 46.2 Å². The van der Waals surface area contributed by atoms with Crippen LogP contribution in [0.3, 0.4) is 0 Å². The maximum atomic E-state index is 12.7. The van der Waals surface area contributed by atoms with Crippen molar-refractivity contribution in [3.05, 3.63) is 35.9 Å². The van der Waals surface area contributed by atoms with Crippen molar-refractivity contribution in [2.24, 2.45) is 0 Å². The second-order valence-corrected chi connectivity index (χ2v) is 5.81. The van der Waals surface area contributed by atoms with Crippen LogP contribution in [0, 0.1) is 6.92 Å². The van der Waals surface area contributed by atoms with E-state index in [1.165, 1.54) is 6.26 Å². The highest BCUT2D eigenvalue weighted by Crippen LogP contribution is 2.36. The number of amides is 1. The van der Waals surface area contributed by atoms with Gasteiger partial charge in [-0.05, 0) is 31.9 Å². The number of carbonyl (C=O) groups excluding carboxylic acids is 1. The molecule has 1 amide bonds. The summed E-state index contributed by atoms with van der Waals surface area (Å²) in [5.41, 5.74) is 0. The molecule has 22 heavy (non-hydrogen) atoms.